The summed E-state index contributed by atoms with van der Waals surface area (Å²) in [6.45, 7) is 2.20. The molecule has 182 valence electrons. The molecule has 1 unspecified atom stereocenters. The number of carbonyl (C=O) groups excluding carboxylic acids is 1. The van der Waals surface area contributed by atoms with E-state index in [0.29, 0.717) is 36.2 Å². The minimum Gasteiger partial charge on any atom is -0.508 e. The number of anilines is 1. The maximum atomic E-state index is 12.1. The molecule has 5 atom stereocenters. The Morgan fingerprint density at radius 2 is 2.03 bits per heavy atom. The predicted molar refractivity (Wildman–Crippen MR) is 133 cm³/mol. The van der Waals surface area contributed by atoms with Crippen molar-refractivity contribution >= 4 is 11.6 Å². The lowest BCUT2D eigenvalue weighted by atomic mass is 9.77. The average molecular weight is 456 g/mol. The molecule has 3 rings (SSSR count). The van der Waals surface area contributed by atoms with Crippen LogP contribution in [-0.2, 0) is 9.53 Å². The highest BCUT2D eigenvalue weighted by Crippen LogP contribution is 2.45. The van der Waals surface area contributed by atoms with E-state index in [2.05, 4.69) is 30.5 Å². The number of hydrogen-bond acceptors (Lipinski definition) is 4. The van der Waals surface area contributed by atoms with E-state index in [1.54, 1.807) is 24.3 Å². The molecule has 1 aromatic carbocycles. The quantitative estimate of drug-likeness (QED) is 0.233. The van der Waals surface area contributed by atoms with Crippen molar-refractivity contribution < 1.29 is 19.7 Å². The van der Waals surface area contributed by atoms with Crippen molar-refractivity contribution in [2.75, 3.05) is 5.32 Å². The van der Waals surface area contributed by atoms with Crippen LogP contribution in [0.15, 0.2) is 48.6 Å². The van der Waals surface area contributed by atoms with Gasteiger partial charge in [-0.15, -0.1) is 0 Å². The Hall–Kier alpha value is -2.11. The number of carbonyl (C=O) groups is 1. The largest absolute Gasteiger partial charge is 0.508 e. The number of nitrogens with one attached hydrogen (secondary N) is 1. The van der Waals surface area contributed by atoms with Crippen molar-refractivity contribution in [1.29, 1.82) is 0 Å². The Morgan fingerprint density at radius 3 is 2.85 bits per heavy atom. The minimum atomic E-state index is -0.344. The second kappa shape index (κ2) is 13.6. The third-order valence-electron chi connectivity index (χ3n) is 6.87. The number of aliphatic hydroxyl groups is 1. The van der Waals surface area contributed by atoms with Gasteiger partial charge < -0.3 is 20.3 Å². The van der Waals surface area contributed by atoms with E-state index in [0.717, 1.165) is 44.9 Å². The molecule has 0 saturated carbocycles. The number of unbranched alkanes of at least 4 members (excludes halogenated alkanes) is 4. The van der Waals surface area contributed by atoms with E-state index in [1.165, 1.54) is 19.3 Å². The normalized spacial score (nSPS) is 25.3. The van der Waals surface area contributed by atoms with Crippen LogP contribution in [0.2, 0.25) is 0 Å². The first-order valence-electron chi connectivity index (χ1n) is 12.8. The van der Waals surface area contributed by atoms with Crippen LogP contribution in [0.1, 0.15) is 77.6 Å². The smallest absolute Gasteiger partial charge is 0.224 e. The first-order chi connectivity index (χ1) is 16.1. The summed E-state index contributed by atoms with van der Waals surface area (Å²) in [6.07, 6.45) is 19.9. The van der Waals surface area contributed by atoms with E-state index in [4.69, 9.17) is 4.74 Å². The molecule has 33 heavy (non-hydrogen) atoms. The molecule has 0 aromatic heterocycles. The van der Waals surface area contributed by atoms with Gasteiger partial charge in [-0.2, -0.15) is 0 Å². The number of phenols is 1. The number of aliphatic hydroxyl groups excluding tert-OH is 1. The van der Waals surface area contributed by atoms with Gasteiger partial charge in [-0.3, -0.25) is 4.79 Å². The first kappa shape index (κ1) is 25.5. The van der Waals surface area contributed by atoms with Gasteiger partial charge in [0, 0.05) is 24.1 Å². The topological polar surface area (TPSA) is 78.8 Å². The number of rotatable bonds is 14. The average Bonchev–Trinajstić information content (AvgIpc) is 3.39. The van der Waals surface area contributed by atoms with Crippen molar-refractivity contribution in [2.24, 2.45) is 11.8 Å². The van der Waals surface area contributed by atoms with Crippen LogP contribution in [-0.4, -0.2) is 34.4 Å². The second-order valence-corrected chi connectivity index (χ2v) is 9.53. The molecule has 2 aliphatic rings. The van der Waals surface area contributed by atoms with E-state index in [9.17, 15) is 15.0 Å². The number of allylic oxidation sites excluding steroid dienone is 2. The van der Waals surface area contributed by atoms with Gasteiger partial charge in [-0.25, -0.2) is 0 Å². The van der Waals surface area contributed by atoms with Crippen LogP contribution in [0.5, 0.6) is 5.75 Å². The van der Waals surface area contributed by atoms with Crippen LogP contribution >= 0.6 is 0 Å². The Bertz CT molecular complexity index is 790. The van der Waals surface area contributed by atoms with Crippen molar-refractivity contribution in [3.8, 4) is 5.75 Å². The summed E-state index contributed by atoms with van der Waals surface area (Å²) in [5.41, 5.74) is 0.622. The standard InChI is InChI=1S/C28H41NO4/c1-2-3-4-7-12-22(30)16-17-25-24(26-18-19-27(25)33-26)14-8-5-6-9-15-28(32)29-21-11-10-13-23(31)20-21/h5,8,10-11,13,16-17,20,22,24-27,30-31H,2-4,6-7,9,12,14-15,18-19H2,1H3,(H,29,32)/t22?,24-,25+,26-,27+/m0/s1. The van der Waals surface area contributed by atoms with Crippen molar-refractivity contribution in [2.45, 2.75) is 95.9 Å². The molecule has 2 aliphatic heterocycles. The van der Waals surface area contributed by atoms with Gasteiger partial charge in [-0.1, -0.05) is 63.0 Å². The van der Waals surface area contributed by atoms with E-state index in [-0.39, 0.29) is 17.8 Å². The third-order valence-corrected chi connectivity index (χ3v) is 6.87. The number of phenolic OH excluding ortho intramolecular Hbond substituents is 1. The number of fused-ring (bicyclic) bond motifs is 2. The van der Waals surface area contributed by atoms with Crippen LogP contribution in [0.4, 0.5) is 5.69 Å². The Balaban J connectivity index is 1.36. The molecule has 2 fully saturated rings. The molecular weight excluding hydrogens is 414 g/mol. The van der Waals surface area contributed by atoms with Crippen LogP contribution in [0.25, 0.3) is 0 Å². The Labute approximate surface area is 198 Å². The van der Waals surface area contributed by atoms with Crippen LogP contribution in [0.3, 0.4) is 0 Å². The van der Waals surface area contributed by atoms with Crippen LogP contribution < -0.4 is 5.32 Å². The number of hydrogen-bond donors (Lipinski definition) is 3. The molecule has 0 radical (unpaired) electrons. The first-order valence-corrected chi connectivity index (χ1v) is 12.8. The lowest BCUT2D eigenvalue weighted by molar-refractivity contribution is -0.116. The van der Waals surface area contributed by atoms with Gasteiger partial charge in [0.15, 0.2) is 0 Å². The van der Waals surface area contributed by atoms with Crippen molar-refractivity contribution in [3.63, 3.8) is 0 Å². The molecule has 2 saturated heterocycles. The molecule has 3 N–H and O–H groups in total. The van der Waals surface area contributed by atoms with Gasteiger partial charge >= 0.3 is 0 Å². The van der Waals surface area contributed by atoms with E-state index in [1.807, 2.05) is 6.08 Å². The van der Waals surface area contributed by atoms with Crippen molar-refractivity contribution in [3.05, 3.63) is 48.6 Å². The lowest BCUT2D eigenvalue weighted by Crippen LogP contribution is -2.25. The molecule has 1 aromatic rings. The molecule has 1 amide bonds. The second-order valence-electron chi connectivity index (χ2n) is 9.53. The summed E-state index contributed by atoms with van der Waals surface area (Å²) >= 11 is 0. The molecule has 5 nitrogen and oxygen atoms in total. The fourth-order valence-corrected chi connectivity index (χ4v) is 5.08. The number of ether oxygens (including phenoxy) is 1. The van der Waals surface area contributed by atoms with Gasteiger partial charge in [0.2, 0.25) is 5.91 Å². The Morgan fingerprint density at radius 1 is 1.18 bits per heavy atom. The molecule has 0 spiro atoms. The van der Waals surface area contributed by atoms with E-state index >= 15 is 0 Å². The molecular formula is C28H41NO4. The number of aromatic hydroxyl groups is 1. The molecule has 2 heterocycles. The SMILES string of the molecule is CCCCCCC(O)C=C[C@@H]1[C@H](CC=CCCCC(=O)Nc2cccc(O)c2)[C@@H]2CC[C@H]1O2. The summed E-state index contributed by atoms with van der Waals surface area (Å²) < 4.78 is 6.18. The highest BCUT2D eigenvalue weighted by Gasteiger charge is 2.46. The number of benzene rings is 1. The van der Waals surface area contributed by atoms with Gasteiger partial charge in [0.05, 0.1) is 18.3 Å². The fourth-order valence-electron chi connectivity index (χ4n) is 5.08. The summed E-state index contributed by atoms with van der Waals surface area (Å²) in [6, 6.07) is 6.61. The summed E-state index contributed by atoms with van der Waals surface area (Å²) in [4.78, 5) is 12.1. The summed E-state index contributed by atoms with van der Waals surface area (Å²) in [7, 11) is 0. The van der Waals surface area contributed by atoms with Crippen LogP contribution in [0, 0.1) is 11.8 Å². The molecule has 5 heteroatoms. The lowest BCUT2D eigenvalue weighted by Gasteiger charge is -2.25. The third kappa shape index (κ3) is 8.31. The molecule has 2 bridgehead atoms. The van der Waals surface area contributed by atoms with Crippen molar-refractivity contribution in [1.82, 2.24) is 0 Å². The number of amides is 1. The predicted octanol–water partition coefficient (Wildman–Crippen LogP) is 6.13. The maximum Gasteiger partial charge on any atom is 0.224 e. The van der Waals surface area contributed by atoms with E-state index < -0.39 is 0 Å². The van der Waals surface area contributed by atoms with Gasteiger partial charge in [0.1, 0.15) is 5.75 Å². The molecule has 0 aliphatic carbocycles. The maximum absolute atomic E-state index is 12.1. The fraction of sp³-hybridized carbons (Fsp3) is 0.607. The highest BCUT2D eigenvalue weighted by molar-refractivity contribution is 5.90. The summed E-state index contributed by atoms with van der Waals surface area (Å²) in [5.74, 6) is 0.994. The zero-order valence-corrected chi connectivity index (χ0v) is 20.0. The van der Waals surface area contributed by atoms with Gasteiger partial charge in [0.25, 0.3) is 0 Å². The minimum absolute atomic E-state index is 0.0334. The zero-order valence-electron chi connectivity index (χ0n) is 20.0. The zero-order chi connectivity index (χ0) is 23.5. The Kier molecular flexibility index (Phi) is 10.5. The summed E-state index contributed by atoms with van der Waals surface area (Å²) in [5, 5.41) is 22.6. The van der Waals surface area contributed by atoms with Gasteiger partial charge in [-0.05, 0) is 56.6 Å². The highest BCUT2D eigenvalue weighted by atomic mass is 16.5. The monoisotopic (exact) mass is 455 g/mol.